The Morgan fingerprint density at radius 1 is 1.58 bits per heavy atom. The first-order chi connectivity index (χ1) is 8.72. The first-order valence-electron chi connectivity index (χ1n) is 5.24. The number of aliphatic carboxylic acids is 1. The number of imidazole rings is 1. The summed E-state index contributed by atoms with van der Waals surface area (Å²) in [5, 5.41) is 8.61. The fourth-order valence-electron chi connectivity index (χ4n) is 1.29. The first kappa shape index (κ1) is 15.1. The minimum Gasteiger partial charge on any atom is -0.480 e. The van der Waals surface area contributed by atoms with Crippen molar-refractivity contribution in [3.63, 3.8) is 0 Å². The summed E-state index contributed by atoms with van der Waals surface area (Å²) in [5.41, 5.74) is 4.89. The van der Waals surface area contributed by atoms with E-state index in [9.17, 15) is 18.0 Å². The smallest absolute Gasteiger partial charge is 0.321 e. The number of nitrogens with zero attached hydrogens (tertiary/aromatic N) is 2. The Morgan fingerprint density at radius 2 is 2.21 bits per heavy atom. The van der Waals surface area contributed by atoms with Crippen molar-refractivity contribution < 1.29 is 23.1 Å². The molecule has 0 unspecified atom stereocenters. The monoisotopic (exact) mass is 290 g/mol. The van der Waals surface area contributed by atoms with Crippen molar-refractivity contribution in [2.45, 2.75) is 23.9 Å². The van der Waals surface area contributed by atoms with E-state index in [-0.39, 0.29) is 17.9 Å². The number of aryl methyl sites for hydroxylation is 1. The molecule has 10 heteroatoms. The second-order valence-electron chi connectivity index (χ2n) is 3.89. The molecule has 1 rings (SSSR count). The first-order valence-corrected chi connectivity index (χ1v) is 6.72. The van der Waals surface area contributed by atoms with Crippen molar-refractivity contribution in [2.75, 3.05) is 0 Å². The number of aromatic nitrogens is 2. The molecule has 1 heterocycles. The molecular weight excluding hydrogens is 276 g/mol. The Morgan fingerprint density at radius 3 is 2.63 bits per heavy atom. The van der Waals surface area contributed by atoms with E-state index in [0.717, 1.165) is 0 Å². The average molecular weight is 290 g/mol. The lowest BCUT2D eigenvalue weighted by Gasteiger charge is -2.12. The number of nitrogens with one attached hydrogen (secondary N) is 1. The van der Waals surface area contributed by atoms with Crippen LogP contribution in [0.2, 0.25) is 0 Å². The van der Waals surface area contributed by atoms with Crippen LogP contribution >= 0.6 is 0 Å². The molecular formula is C9H14N4O5S. The summed E-state index contributed by atoms with van der Waals surface area (Å²) in [6, 6.07) is -1.43. The summed E-state index contributed by atoms with van der Waals surface area (Å²) >= 11 is 0. The number of rotatable bonds is 7. The molecule has 0 aliphatic rings. The Balaban J connectivity index is 2.84. The summed E-state index contributed by atoms with van der Waals surface area (Å²) < 4.78 is 27.1. The third-order valence-electron chi connectivity index (χ3n) is 2.23. The molecule has 0 fully saturated rings. The molecule has 1 aromatic heterocycles. The zero-order valence-electron chi connectivity index (χ0n) is 10.1. The van der Waals surface area contributed by atoms with Gasteiger partial charge in [-0.05, 0) is 6.42 Å². The molecule has 9 nitrogen and oxygen atoms in total. The van der Waals surface area contributed by atoms with E-state index in [0.29, 0.717) is 0 Å². The maximum atomic E-state index is 11.8. The van der Waals surface area contributed by atoms with Crippen molar-refractivity contribution in [2.24, 2.45) is 12.8 Å². The maximum absolute atomic E-state index is 11.8. The Bertz CT molecular complexity index is 579. The highest BCUT2D eigenvalue weighted by molar-refractivity contribution is 7.89. The van der Waals surface area contributed by atoms with Gasteiger partial charge in [0.25, 0.3) is 10.0 Å². The third-order valence-corrected chi connectivity index (χ3v) is 3.59. The van der Waals surface area contributed by atoms with Crippen molar-refractivity contribution in [1.82, 2.24) is 14.3 Å². The fourth-order valence-corrected chi connectivity index (χ4v) is 2.50. The van der Waals surface area contributed by atoms with E-state index in [4.69, 9.17) is 10.8 Å². The molecule has 1 amide bonds. The van der Waals surface area contributed by atoms with Gasteiger partial charge in [-0.25, -0.2) is 13.4 Å². The highest BCUT2D eigenvalue weighted by Gasteiger charge is 2.26. The van der Waals surface area contributed by atoms with Crippen LogP contribution in [-0.4, -0.2) is 41.0 Å². The number of carboxylic acid groups (broad SMARTS) is 1. The SMILES string of the molecule is Cn1cnc(S(=O)(=O)N[C@@H](CCC(N)=O)C(=O)O)c1. The number of sulfonamides is 1. The van der Waals surface area contributed by atoms with Gasteiger partial charge in [0.1, 0.15) is 6.04 Å². The van der Waals surface area contributed by atoms with Crippen LogP contribution in [0.1, 0.15) is 12.8 Å². The molecule has 0 radical (unpaired) electrons. The summed E-state index contributed by atoms with van der Waals surface area (Å²) in [4.78, 5) is 25.1. The van der Waals surface area contributed by atoms with Crippen LogP contribution < -0.4 is 10.5 Å². The molecule has 0 saturated carbocycles. The molecule has 0 bridgehead atoms. The highest BCUT2D eigenvalue weighted by atomic mass is 32.2. The molecule has 4 N–H and O–H groups in total. The summed E-state index contributed by atoms with van der Waals surface area (Å²) in [6.07, 6.45) is 2.04. The number of primary amides is 1. The van der Waals surface area contributed by atoms with Crippen LogP contribution in [0.4, 0.5) is 0 Å². The van der Waals surface area contributed by atoms with Gasteiger partial charge in [0.15, 0.2) is 5.03 Å². The predicted molar refractivity (Wildman–Crippen MR) is 63.4 cm³/mol. The van der Waals surface area contributed by atoms with Gasteiger partial charge in [-0.1, -0.05) is 0 Å². The van der Waals surface area contributed by atoms with Crippen LogP contribution in [0, 0.1) is 0 Å². The van der Waals surface area contributed by atoms with E-state index in [1.165, 1.54) is 17.1 Å². The lowest BCUT2D eigenvalue weighted by Crippen LogP contribution is -2.41. The van der Waals surface area contributed by atoms with Crippen LogP contribution in [-0.2, 0) is 26.7 Å². The molecule has 0 saturated heterocycles. The second kappa shape index (κ2) is 5.80. The Labute approximate surface area is 109 Å². The van der Waals surface area contributed by atoms with E-state index < -0.39 is 27.9 Å². The molecule has 0 aliphatic heterocycles. The number of carbonyl (C=O) groups excluding carboxylic acids is 1. The highest BCUT2D eigenvalue weighted by Crippen LogP contribution is 2.07. The maximum Gasteiger partial charge on any atom is 0.321 e. The molecule has 0 aliphatic carbocycles. The number of nitrogens with two attached hydrogens (primary N) is 1. The van der Waals surface area contributed by atoms with Gasteiger partial charge in [-0.15, -0.1) is 0 Å². The summed E-state index contributed by atoms with van der Waals surface area (Å²) in [6.45, 7) is 0. The fraction of sp³-hybridized carbons (Fsp3) is 0.444. The lowest BCUT2D eigenvalue weighted by atomic mass is 10.2. The Hall–Kier alpha value is -1.94. The van der Waals surface area contributed by atoms with Gasteiger partial charge in [0.2, 0.25) is 5.91 Å². The normalized spacial score (nSPS) is 13.1. The quantitative estimate of drug-likeness (QED) is 0.552. The van der Waals surface area contributed by atoms with Crippen LogP contribution in [0.3, 0.4) is 0 Å². The molecule has 106 valence electrons. The molecule has 1 atom stereocenters. The van der Waals surface area contributed by atoms with Crippen molar-refractivity contribution in [3.05, 3.63) is 12.5 Å². The number of carboxylic acids is 1. The van der Waals surface area contributed by atoms with Crippen molar-refractivity contribution in [1.29, 1.82) is 0 Å². The van der Waals surface area contributed by atoms with Crippen molar-refractivity contribution >= 4 is 21.9 Å². The molecule has 19 heavy (non-hydrogen) atoms. The van der Waals surface area contributed by atoms with Gasteiger partial charge in [-0.3, -0.25) is 9.59 Å². The summed E-state index contributed by atoms with van der Waals surface area (Å²) in [5.74, 6) is -2.09. The number of carbonyl (C=O) groups is 2. The minimum atomic E-state index is -4.05. The zero-order chi connectivity index (χ0) is 14.6. The standard InChI is InChI=1S/C9H14N4O5S/c1-13-4-8(11-5-13)19(17,18)12-6(9(15)16)2-3-7(10)14/h4-6,12H,2-3H2,1H3,(H2,10,14)(H,15,16)/t6-/m0/s1. The van der Waals surface area contributed by atoms with E-state index in [2.05, 4.69) is 4.98 Å². The zero-order valence-corrected chi connectivity index (χ0v) is 10.9. The van der Waals surface area contributed by atoms with Gasteiger partial charge in [0, 0.05) is 19.7 Å². The van der Waals surface area contributed by atoms with Crippen LogP contribution in [0.15, 0.2) is 17.6 Å². The average Bonchev–Trinajstić information content (AvgIpc) is 2.71. The number of hydrogen-bond donors (Lipinski definition) is 3. The molecule has 1 aromatic rings. The third kappa shape index (κ3) is 4.34. The van der Waals surface area contributed by atoms with Crippen LogP contribution in [0.25, 0.3) is 0 Å². The molecule has 0 aromatic carbocycles. The van der Waals surface area contributed by atoms with Crippen LogP contribution in [0.5, 0.6) is 0 Å². The van der Waals surface area contributed by atoms with E-state index in [1.807, 2.05) is 4.72 Å². The number of amides is 1. The van der Waals surface area contributed by atoms with E-state index >= 15 is 0 Å². The van der Waals surface area contributed by atoms with Gasteiger partial charge >= 0.3 is 5.97 Å². The predicted octanol–water partition coefficient (Wildman–Crippen LogP) is -1.58. The minimum absolute atomic E-state index is 0.225. The van der Waals surface area contributed by atoms with Gasteiger partial charge in [0.05, 0.1) is 6.33 Å². The largest absolute Gasteiger partial charge is 0.480 e. The van der Waals surface area contributed by atoms with E-state index in [1.54, 1.807) is 7.05 Å². The van der Waals surface area contributed by atoms with Crippen molar-refractivity contribution in [3.8, 4) is 0 Å². The summed E-state index contributed by atoms with van der Waals surface area (Å²) in [7, 11) is -2.47. The number of hydrogen-bond acceptors (Lipinski definition) is 5. The second-order valence-corrected chi connectivity index (χ2v) is 5.56. The van der Waals surface area contributed by atoms with Gasteiger partial charge in [-0.2, -0.15) is 4.72 Å². The lowest BCUT2D eigenvalue weighted by molar-refractivity contribution is -0.139. The Kier molecular flexibility index (Phi) is 4.62. The molecule has 0 spiro atoms. The van der Waals surface area contributed by atoms with Gasteiger partial charge < -0.3 is 15.4 Å². The topological polar surface area (TPSA) is 144 Å².